The van der Waals surface area contributed by atoms with E-state index in [1.165, 1.54) is 0 Å². The topological polar surface area (TPSA) is 38.7 Å². The average Bonchev–Trinajstić information content (AvgIpc) is 2.14. The molecule has 0 aliphatic carbocycles. The van der Waals surface area contributed by atoms with Crippen molar-refractivity contribution in [2.45, 2.75) is 19.4 Å². The third kappa shape index (κ3) is 0.857. The highest BCUT2D eigenvalue weighted by atomic mass is 16.6. The summed E-state index contributed by atoms with van der Waals surface area (Å²) in [6.07, 6.45) is 1.11. The molecule has 0 N–H and O–H groups in total. The minimum atomic E-state index is -0.310. The third-order valence-corrected chi connectivity index (χ3v) is 0.992. The zero-order valence-corrected chi connectivity index (χ0v) is 4.63. The van der Waals surface area contributed by atoms with Gasteiger partial charge in [-0.15, -0.1) is 0 Å². The summed E-state index contributed by atoms with van der Waals surface area (Å²) < 4.78 is 0. The van der Waals surface area contributed by atoms with E-state index in [1.807, 2.05) is 6.92 Å². The zero-order valence-electron chi connectivity index (χ0n) is 4.63. The smallest absolute Gasteiger partial charge is 0.187 e. The SMILES string of the molecule is CC1=NOC(C=O)C1. The second-order valence-corrected chi connectivity index (χ2v) is 1.81. The van der Waals surface area contributed by atoms with E-state index in [1.54, 1.807) is 0 Å². The molecular weight excluding hydrogens is 106 g/mol. The fourth-order valence-corrected chi connectivity index (χ4v) is 0.596. The van der Waals surface area contributed by atoms with Crippen LogP contribution in [0.3, 0.4) is 0 Å². The van der Waals surface area contributed by atoms with Crippen LogP contribution in [0.15, 0.2) is 5.16 Å². The first-order valence-electron chi connectivity index (χ1n) is 2.47. The van der Waals surface area contributed by atoms with Crippen LogP contribution < -0.4 is 0 Å². The van der Waals surface area contributed by atoms with Crippen molar-refractivity contribution in [3.63, 3.8) is 0 Å². The molecule has 0 saturated heterocycles. The molecule has 0 spiro atoms. The molecule has 3 nitrogen and oxygen atoms in total. The lowest BCUT2D eigenvalue weighted by Crippen LogP contribution is -2.06. The van der Waals surface area contributed by atoms with Crippen molar-refractivity contribution in [2.75, 3.05) is 0 Å². The first kappa shape index (κ1) is 5.28. The van der Waals surface area contributed by atoms with Crippen molar-refractivity contribution in [1.82, 2.24) is 0 Å². The van der Waals surface area contributed by atoms with Gasteiger partial charge in [0.15, 0.2) is 12.4 Å². The highest BCUT2D eigenvalue weighted by Crippen LogP contribution is 2.06. The fraction of sp³-hybridized carbons (Fsp3) is 0.600. The van der Waals surface area contributed by atoms with E-state index < -0.39 is 0 Å². The van der Waals surface area contributed by atoms with E-state index in [-0.39, 0.29) is 6.10 Å². The number of hydrogen-bond acceptors (Lipinski definition) is 3. The van der Waals surface area contributed by atoms with Crippen LogP contribution in [-0.4, -0.2) is 18.1 Å². The number of carbonyl (C=O) groups excluding carboxylic acids is 1. The molecule has 0 aromatic carbocycles. The second-order valence-electron chi connectivity index (χ2n) is 1.81. The van der Waals surface area contributed by atoms with Gasteiger partial charge in [0.2, 0.25) is 0 Å². The molecule has 1 rings (SSSR count). The van der Waals surface area contributed by atoms with E-state index in [9.17, 15) is 4.79 Å². The minimum Gasteiger partial charge on any atom is -0.384 e. The molecule has 0 aromatic heterocycles. The van der Waals surface area contributed by atoms with E-state index >= 15 is 0 Å². The van der Waals surface area contributed by atoms with E-state index in [2.05, 4.69) is 9.99 Å². The lowest BCUT2D eigenvalue weighted by Gasteiger charge is -1.92. The van der Waals surface area contributed by atoms with E-state index in [0.717, 1.165) is 12.0 Å². The Morgan fingerprint density at radius 3 is 3.00 bits per heavy atom. The Hall–Kier alpha value is -0.860. The zero-order chi connectivity index (χ0) is 5.98. The predicted molar refractivity (Wildman–Crippen MR) is 28.7 cm³/mol. The first-order chi connectivity index (χ1) is 3.83. The fourth-order valence-electron chi connectivity index (χ4n) is 0.596. The van der Waals surface area contributed by atoms with Gasteiger partial charge < -0.3 is 4.84 Å². The van der Waals surface area contributed by atoms with Gasteiger partial charge in [-0.05, 0) is 6.92 Å². The highest BCUT2D eigenvalue weighted by molar-refractivity contribution is 5.85. The maximum atomic E-state index is 9.95. The van der Waals surface area contributed by atoms with Crippen molar-refractivity contribution in [3.05, 3.63) is 0 Å². The van der Waals surface area contributed by atoms with Crippen LogP contribution in [0.4, 0.5) is 0 Å². The quantitative estimate of drug-likeness (QED) is 0.460. The molecule has 1 aliphatic rings. The Labute approximate surface area is 47.3 Å². The Bertz CT molecular complexity index is 130. The molecule has 1 atom stereocenters. The summed E-state index contributed by atoms with van der Waals surface area (Å²) in [5, 5.41) is 3.57. The van der Waals surface area contributed by atoms with Crippen LogP contribution in [0.25, 0.3) is 0 Å². The summed E-state index contributed by atoms with van der Waals surface area (Å²) in [7, 11) is 0. The van der Waals surface area contributed by atoms with Gasteiger partial charge in [-0.25, -0.2) is 0 Å². The summed E-state index contributed by atoms with van der Waals surface area (Å²) >= 11 is 0. The molecular formula is C5H7NO2. The van der Waals surface area contributed by atoms with Crippen molar-refractivity contribution in [1.29, 1.82) is 0 Å². The van der Waals surface area contributed by atoms with Gasteiger partial charge in [0.05, 0.1) is 5.71 Å². The van der Waals surface area contributed by atoms with Crippen LogP contribution in [0.5, 0.6) is 0 Å². The van der Waals surface area contributed by atoms with Crippen molar-refractivity contribution in [2.24, 2.45) is 5.16 Å². The number of carbonyl (C=O) groups is 1. The second kappa shape index (κ2) is 1.94. The molecule has 3 heteroatoms. The molecule has 0 radical (unpaired) electrons. The van der Waals surface area contributed by atoms with Crippen LogP contribution in [0.2, 0.25) is 0 Å². The molecule has 1 aliphatic heterocycles. The molecule has 0 bridgehead atoms. The van der Waals surface area contributed by atoms with Gasteiger partial charge in [0.1, 0.15) is 0 Å². The van der Waals surface area contributed by atoms with Crippen molar-refractivity contribution >= 4 is 12.0 Å². The number of aldehydes is 1. The van der Waals surface area contributed by atoms with Gasteiger partial charge in [-0.3, -0.25) is 4.79 Å². The molecule has 44 valence electrons. The summed E-state index contributed by atoms with van der Waals surface area (Å²) in [6.45, 7) is 1.84. The van der Waals surface area contributed by atoms with Crippen LogP contribution in [0.1, 0.15) is 13.3 Å². The van der Waals surface area contributed by atoms with Gasteiger partial charge in [0.25, 0.3) is 0 Å². The number of rotatable bonds is 1. The standard InChI is InChI=1S/C5H7NO2/c1-4-2-5(3-7)8-6-4/h3,5H,2H2,1H3. The lowest BCUT2D eigenvalue weighted by molar-refractivity contribution is -0.116. The normalized spacial score (nSPS) is 26.6. The number of hydrogen-bond donors (Lipinski definition) is 0. The van der Waals surface area contributed by atoms with Gasteiger partial charge in [-0.2, -0.15) is 0 Å². The van der Waals surface area contributed by atoms with E-state index in [4.69, 9.17) is 0 Å². The predicted octanol–water partition coefficient (Wildman–Crippen LogP) is 0.350. The number of nitrogens with zero attached hydrogens (tertiary/aromatic N) is 1. The monoisotopic (exact) mass is 113 g/mol. The largest absolute Gasteiger partial charge is 0.384 e. The summed E-state index contributed by atoms with van der Waals surface area (Å²) in [5.41, 5.74) is 0.891. The molecule has 0 aromatic rings. The van der Waals surface area contributed by atoms with Crippen LogP contribution >= 0.6 is 0 Å². The molecule has 8 heavy (non-hydrogen) atoms. The maximum absolute atomic E-state index is 9.95. The maximum Gasteiger partial charge on any atom is 0.187 e. The minimum absolute atomic E-state index is 0.310. The Morgan fingerprint density at radius 1 is 2.00 bits per heavy atom. The molecule has 0 saturated carbocycles. The molecule has 1 unspecified atom stereocenters. The summed E-state index contributed by atoms with van der Waals surface area (Å²) in [6, 6.07) is 0. The Kier molecular flexibility index (Phi) is 1.28. The van der Waals surface area contributed by atoms with Crippen molar-refractivity contribution < 1.29 is 9.63 Å². The molecule has 1 heterocycles. The van der Waals surface area contributed by atoms with Gasteiger partial charge >= 0.3 is 0 Å². The molecule has 0 amide bonds. The van der Waals surface area contributed by atoms with E-state index in [0.29, 0.717) is 6.42 Å². The van der Waals surface area contributed by atoms with Crippen LogP contribution in [0, 0.1) is 0 Å². The van der Waals surface area contributed by atoms with Gasteiger partial charge in [-0.1, -0.05) is 5.16 Å². The highest BCUT2D eigenvalue weighted by Gasteiger charge is 2.15. The number of oxime groups is 1. The third-order valence-electron chi connectivity index (χ3n) is 0.992. The first-order valence-corrected chi connectivity index (χ1v) is 2.47. The van der Waals surface area contributed by atoms with Crippen LogP contribution in [-0.2, 0) is 9.63 Å². The average molecular weight is 113 g/mol. The van der Waals surface area contributed by atoms with Crippen molar-refractivity contribution in [3.8, 4) is 0 Å². The Balaban J connectivity index is 2.43. The molecule has 0 fully saturated rings. The lowest BCUT2D eigenvalue weighted by atomic mass is 10.2. The van der Waals surface area contributed by atoms with Gasteiger partial charge in [0, 0.05) is 6.42 Å². The Morgan fingerprint density at radius 2 is 2.75 bits per heavy atom. The summed E-state index contributed by atoms with van der Waals surface area (Å²) in [5.74, 6) is 0. The summed E-state index contributed by atoms with van der Waals surface area (Å²) in [4.78, 5) is 14.6.